The smallest absolute Gasteiger partial charge is 0.247 e. The summed E-state index contributed by atoms with van der Waals surface area (Å²) in [5.74, 6) is 1.09. The summed E-state index contributed by atoms with van der Waals surface area (Å²) >= 11 is 7.63. The fraction of sp³-hybridized carbons (Fsp3) is 1.00. The summed E-state index contributed by atoms with van der Waals surface area (Å²) in [6, 6.07) is 0. The highest BCUT2D eigenvalue weighted by molar-refractivity contribution is 8.67. The van der Waals surface area contributed by atoms with E-state index in [2.05, 4.69) is 20.8 Å². The van der Waals surface area contributed by atoms with Crippen molar-refractivity contribution in [2.45, 2.75) is 117 Å². The molecule has 158 valence electrons. The van der Waals surface area contributed by atoms with Crippen molar-refractivity contribution < 1.29 is 9.05 Å². The molecule has 0 heterocycles. The monoisotopic (exact) mass is 424 g/mol. The molecule has 0 N–H and O–H groups in total. The molecule has 0 bridgehead atoms. The van der Waals surface area contributed by atoms with Crippen LogP contribution in [0.2, 0.25) is 0 Å². The first-order valence-electron chi connectivity index (χ1n) is 11.2. The number of rotatable bonds is 21. The molecule has 0 rings (SSSR count). The predicted molar refractivity (Wildman–Crippen MR) is 125 cm³/mol. The van der Waals surface area contributed by atoms with Gasteiger partial charge in [-0.1, -0.05) is 109 Å². The van der Waals surface area contributed by atoms with Gasteiger partial charge in [0.2, 0.25) is 5.69 Å². The van der Waals surface area contributed by atoms with Gasteiger partial charge >= 0.3 is 0 Å². The Balaban J connectivity index is 4.04. The van der Waals surface area contributed by atoms with E-state index in [4.69, 9.17) is 20.9 Å². The van der Waals surface area contributed by atoms with Crippen LogP contribution in [0.25, 0.3) is 0 Å². The zero-order chi connectivity index (χ0) is 19.3. The minimum atomic E-state index is -2.14. The molecular weight excluding hydrogens is 379 g/mol. The SMILES string of the molecule is CCCCCCCOP(=S)(OCCCCCCC)SCCCCCCC. The lowest BCUT2D eigenvalue weighted by Gasteiger charge is -2.21. The summed E-state index contributed by atoms with van der Waals surface area (Å²) in [4.78, 5) is 0. The Morgan fingerprint density at radius 2 is 0.962 bits per heavy atom. The highest BCUT2D eigenvalue weighted by Crippen LogP contribution is 2.61. The van der Waals surface area contributed by atoms with E-state index < -0.39 is 5.69 Å². The van der Waals surface area contributed by atoms with Crippen molar-refractivity contribution in [3.8, 4) is 0 Å². The van der Waals surface area contributed by atoms with E-state index in [0.29, 0.717) is 0 Å². The fourth-order valence-electron chi connectivity index (χ4n) is 2.76. The van der Waals surface area contributed by atoms with Gasteiger partial charge in [0.1, 0.15) is 0 Å². The lowest BCUT2D eigenvalue weighted by atomic mass is 10.2. The van der Waals surface area contributed by atoms with Crippen LogP contribution < -0.4 is 0 Å². The van der Waals surface area contributed by atoms with E-state index in [9.17, 15) is 0 Å². The van der Waals surface area contributed by atoms with Gasteiger partial charge in [-0.15, -0.1) is 0 Å². The standard InChI is InChI=1S/C21H45O2PS2/c1-4-7-10-13-16-19-22-24(25,23-20-17-14-11-8-5-2)26-21-18-15-12-9-6-3/h4-21H2,1-3H3. The molecule has 0 radical (unpaired) electrons. The molecule has 0 aromatic heterocycles. The Bertz CT molecular complexity index is 280. The molecule has 0 aliphatic rings. The third kappa shape index (κ3) is 18.3. The van der Waals surface area contributed by atoms with Crippen LogP contribution in [0.4, 0.5) is 0 Å². The maximum absolute atomic E-state index is 6.13. The summed E-state index contributed by atoms with van der Waals surface area (Å²) in [6.45, 7) is 8.32. The van der Waals surface area contributed by atoms with Crippen LogP contribution in [-0.4, -0.2) is 19.0 Å². The van der Waals surface area contributed by atoms with Crippen molar-refractivity contribution in [2.75, 3.05) is 19.0 Å². The molecule has 26 heavy (non-hydrogen) atoms. The van der Waals surface area contributed by atoms with Crippen LogP contribution in [0.5, 0.6) is 0 Å². The summed E-state index contributed by atoms with van der Waals surface area (Å²) in [7, 11) is 0. The molecule has 0 atom stereocenters. The molecule has 0 aliphatic carbocycles. The van der Waals surface area contributed by atoms with Crippen molar-refractivity contribution in [1.82, 2.24) is 0 Å². The second-order valence-corrected chi connectivity index (χ2v) is 13.6. The third-order valence-corrected chi connectivity index (χ3v) is 9.99. The molecule has 0 amide bonds. The minimum Gasteiger partial charge on any atom is -0.322 e. The number of hydrogen-bond acceptors (Lipinski definition) is 4. The second-order valence-electron chi connectivity index (χ2n) is 7.19. The van der Waals surface area contributed by atoms with Gasteiger partial charge < -0.3 is 9.05 Å². The molecule has 0 aromatic rings. The second kappa shape index (κ2) is 20.6. The molecule has 2 nitrogen and oxygen atoms in total. The first-order valence-corrected chi connectivity index (χ1v) is 15.4. The van der Waals surface area contributed by atoms with Crippen LogP contribution >= 0.6 is 17.1 Å². The van der Waals surface area contributed by atoms with Gasteiger partial charge in [-0.3, -0.25) is 0 Å². The fourth-order valence-corrected chi connectivity index (χ4v) is 7.31. The molecular formula is C21H45O2PS2. The Morgan fingerprint density at radius 3 is 1.38 bits per heavy atom. The van der Waals surface area contributed by atoms with Gasteiger partial charge in [-0.25, -0.2) is 0 Å². The van der Waals surface area contributed by atoms with Gasteiger partial charge in [0.15, 0.2) is 0 Å². The van der Waals surface area contributed by atoms with Crippen molar-refractivity contribution in [2.24, 2.45) is 0 Å². The van der Waals surface area contributed by atoms with Crippen LogP contribution in [0.1, 0.15) is 117 Å². The Morgan fingerprint density at radius 1 is 0.577 bits per heavy atom. The van der Waals surface area contributed by atoms with E-state index in [1.807, 2.05) is 0 Å². The predicted octanol–water partition coefficient (Wildman–Crippen LogP) is 8.89. The van der Waals surface area contributed by atoms with E-state index >= 15 is 0 Å². The maximum Gasteiger partial charge on any atom is 0.247 e. The van der Waals surface area contributed by atoms with Crippen molar-refractivity contribution in [1.29, 1.82) is 0 Å². The van der Waals surface area contributed by atoms with Crippen LogP contribution in [0.3, 0.4) is 0 Å². The molecule has 0 aromatic carbocycles. The van der Waals surface area contributed by atoms with Crippen LogP contribution in [0, 0.1) is 0 Å². The van der Waals surface area contributed by atoms with Gasteiger partial charge in [-0.2, -0.15) is 0 Å². The van der Waals surface area contributed by atoms with E-state index in [1.165, 1.54) is 83.5 Å². The first-order chi connectivity index (χ1) is 12.7. The van der Waals surface area contributed by atoms with Crippen molar-refractivity contribution >= 4 is 28.9 Å². The quantitative estimate of drug-likeness (QED) is 0.135. The Labute approximate surface area is 173 Å². The normalized spacial score (nSPS) is 12.0. The van der Waals surface area contributed by atoms with E-state index in [-0.39, 0.29) is 0 Å². The zero-order valence-corrected chi connectivity index (χ0v) is 20.3. The number of hydrogen-bond donors (Lipinski definition) is 0. The van der Waals surface area contributed by atoms with E-state index in [1.54, 1.807) is 11.4 Å². The average molecular weight is 425 g/mol. The lowest BCUT2D eigenvalue weighted by Crippen LogP contribution is -1.98. The van der Waals surface area contributed by atoms with Gasteiger partial charge in [0.25, 0.3) is 0 Å². The van der Waals surface area contributed by atoms with E-state index in [0.717, 1.165) is 31.8 Å². The lowest BCUT2D eigenvalue weighted by molar-refractivity contribution is 0.249. The van der Waals surface area contributed by atoms with Gasteiger partial charge in [0.05, 0.1) is 13.2 Å². The molecule has 0 saturated carbocycles. The summed E-state index contributed by atoms with van der Waals surface area (Å²) in [5.41, 5.74) is -2.14. The van der Waals surface area contributed by atoms with Crippen molar-refractivity contribution in [3.05, 3.63) is 0 Å². The van der Waals surface area contributed by atoms with Gasteiger partial charge in [0, 0.05) is 5.75 Å². The molecule has 0 fully saturated rings. The first kappa shape index (κ1) is 26.9. The van der Waals surface area contributed by atoms with Crippen LogP contribution in [-0.2, 0) is 20.9 Å². The minimum absolute atomic E-state index is 0.777. The van der Waals surface area contributed by atoms with Crippen molar-refractivity contribution in [3.63, 3.8) is 0 Å². The molecule has 0 saturated heterocycles. The summed E-state index contributed by atoms with van der Waals surface area (Å²) in [5, 5.41) is 0. The number of unbranched alkanes of at least 4 members (excludes halogenated alkanes) is 12. The summed E-state index contributed by atoms with van der Waals surface area (Å²) in [6.07, 6.45) is 19.1. The molecule has 0 unspecified atom stereocenters. The summed E-state index contributed by atoms with van der Waals surface area (Å²) < 4.78 is 12.3. The topological polar surface area (TPSA) is 18.5 Å². The van der Waals surface area contributed by atoms with Crippen LogP contribution in [0.15, 0.2) is 0 Å². The molecule has 0 aliphatic heterocycles. The third-order valence-electron chi connectivity index (χ3n) is 4.49. The Hall–Kier alpha value is 0.920. The highest BCUT2D eigenvalue weighted by atomic mass is 32.9. The molecule has 5 heteroatoms. The average Bonchev–Trinajstić information content (AvgIpc) is 2.64. The maximum atomic E-state index is 6.13. The van der Waals surface area contributed by atoms with Gasteiger partial charge in [-0.05, 0) is 31.1 Å². The largest absolute Gasteiger partial charge is 0.322 e. The highest BCUT2D eigenvalue weighted by Gasteiger charge is 2.19. The zero-order valence-electron chi connectivity index (χ0n) is 17.8. The Kier molecular flexibility index (Phi) is 21.4. The molecule has 0 spiro atoms.